The lowest BCUT2D eigenvalue weighted by Crippen LogP contribution is -2.51. The Hall–Kier alpha value is -1.99. The van der Waals surface area contributed by atoms with E-state index >= 15 is 0 Å². The molecule has 0 amide bonds. The standard InChI is InChI=1S/C12H19N5O2/c1-18-9-5-7-8(6-10(9)19-2)16-12(15,3-4-13)17-11(7)14/h5-6,16H,3-4,13,15H2,1-2H3,(H2,14,17). The monoisotopic (exact) mass is 265 g/mol. The van der Waals surface area contributed by atoms with Crippen LogP contribution in [-0.2, 0) is 0 Å². The van der Waals surface area contributed by atoms with Crippen LogP contribution >= 0.6 is 0 Å². The van der Waals surface area contributed by atoms with Gasteiger partial charge in [-0.05, 0) is 12.6 Å². The first-order valence-electron chi connectivity index (χ1n) is 5.92. The Kier molecular flexibility index (Phi) is 3.50. The van der Waals surface area contributed by atoms with E-state index in [1.54, 1.807) is 26.4 Å². The van der Waals surface area contributed by atoms with E-state index in [1.165, 1.54) is 0 Å². The number of fused-ring (bicyclic) bond motifs is 1. The smallest absolute Gasteiger partial charge is 0.185 e. The van der Waals surface area contributed by atoms with Gasteiger partial charge in [-0.15, -0.1) is 0 Å². The van der Waals surface area contributed by atoms with Gasteiger partial charge in [0.2, 0.25) is 0 Å². The molecule has 1 aliphatic rings. The van der Waals surface area contributed by atoms with Crippen molar-refractivity contribution in [3.63, 3.8) is 0 Å². The fourth-order valence-electron chi connectivity index (χ4n) is 2.07. The van der Waals surface area contributed by atoms with Crippen molar-refractivity contribution >= 4 is 11.5 Å². The van der Waals surface area contributed by atoms with Crippen LogP contribution in [0, 0.1) is 0 Å². The zero-order valence-electron chi connectivity index (χ0n) is 11.1. The van der Waals surface area contributed by atoms with Crippen molar-refractivity contribution in [3.05, 3.63) is 17.7 Å². The molecule has 0 spiro atoms. The molecule has 1 heterocycles. The maximum absolute atomic E-state index is 6.11. The third-order valence-electron chi connectivity index (χ3n) is 3.00. The molecule has 19 heavy (non-hydrogen) atoms. The quantitative estimate of drug-likeness (QED) is 0.598. The summed E-state index contributed by atoms with van der Waals surface area (Å²) in [4.78, 5) is 4.26. The van der Waals surface area contributed by atoms with Gasteiger partial charge in [0, 0.05) is 18.1 Å². The number of nitrogens with two attached hydrogens (primary N) is 3. The number of nitrogens with zero attached hydrogens (tertiary/aromatic N) is 1. The SMILES string of the molecule is COc1cc2c(cc1OC)C(N)=NC(N)(CCN)N2. The summed E-state index contributed by atoms with van der Waals surface area (Å²) in [5.41, 5.74) is 19.1. The second-order valence-electron chi connectivity index (χ2n) is 4.34. The molecule has 0 radical (unpaired) electrons. The lowest BCUT2D eigenvalue weighted by molar-refractivity contribution is 0.354. The minimum Gasteiger partial charge on any atom is -0.493 e. The second-order valence-corrected chi connectivity index (χ2v) is 4.34. The van der Waals surface area contributed by atoms with Crippen LogP contribution in [0.1, 0.15) is 12.0 Å². The van der Waals surface area contributed by atoms with Gasteiger partial charge in [0.1, 0.15) is 5.84 Å². The van der Waals surface area contributed by atoms with Gasteiger partial charge in [-0.25, -0.2) is 4.99 Å². The zero-order valence-corrected chi connectivity index (χ0v) is 11.1. The highest BCUT2D eigenvalue weighted by Gasteiger charge is 2.30. The van der Waals surface area contributed by atoms with Crippen molar-refractivity contribution in [1.29, 1.82) is 0 Å². The van der Waals surface area contributed by atoms with E-state index in [-0.39, 0.29) is 0 Å². The number of amidine groups is 1. The summed E-state index contributed by atoms with van der Waals surface area (Å²) < 4.78 is 10.5. The molecule has 7 heteroatoms. The van der Waals surface area contributed by atoms with Crippen LogP contribution in [-0.4, -0.2) is 32.4 Å². The Labute approximate surface area is 111 Å². The predicted molar refractivity (Wildman–Crippen MR) is 74.5 cm³/mol. The van der Waals surface area contributed by atoms with Gasteiger partial charge in [-0.1, -0.05) is 0 Å². The largest absolute Gasteiger partial charge is 0.493 e. The molecule has 0 aromatic heterocycles. The normalized spacial score (nSPS) is 21.2. The summed E-state index contributed by atoms with van der Waals surface area (Å²) in [5, 5.41) is 3.13. The van der Waals surface area contributed by atoms with Crippen LogP contribution in [0.15, 0.2) is 17.1 Å². The first kappa shape index (κ1) is 13.4. The van der Waals surface area contributed by atoms with E-state index in [1.807, 2.05) is 0 Å². The van der Waals surface area contributed by atoms with E-state index in [4.69, 9.17) is 26.7 Å². The van der Waals surface area contributed by atoms with Gasteiger partial charge < -0.3 is 26.3 Å². The van der Waals surface area contributed by atoms with E-state index in [0.29, 0.717) is 30.3 Å². The molecule has 0 saturated heterocycles. The zero-order chi connectivity index (χ0) is 14.0. The number of benzene rings is 1. The molecule has 1 aromatic carbocycles. The van der Waals surface area contributed by atoms with Gasteiger partial charge in [0.25, 0.3) is 0 Å². The Morgan fingerprint density at radius 2 is 1.89 bits per heavy atom. The van der Waals surface area contributed by atoms with Crippen molar-refractivity contribution < 1.29 is 9.47 Å². The van der Waals surface area contributed by atoms with Crippen molar-refractivity contribution in [2.45, 2.75) is 12.2 Å². The van der Waals surface area contributed by atoms with Crippen LogP contribution in [0.3, 0.4) is 0 Å². The second kappa shape index (κ2) is 4.94. The van der Waals surface area contributed by atoms with Gasteiger partial charge >= 0.3 is 0 Å². The summed E-state index contributed by atoms with van der Waals surface area (Å²) in [6.45, 7) is 0.406. The fraction of sp³-hybridized carbons (Fsp3) is 0.417. The number of hydrogen-bond acceptors (Lipinski definition) is 7. The van der Waals surface area contributed by atoms with Crippen LogP contribution in [0.2, 0.25) is 0 Å². The number of hydrogen-bond donors (Lipinski definition) is 4. The molecule has 1 aliphatic heterocycles. The summed E-state index contributed by atoms with van der Waals surface area (Å²) in [5.74, 6) is 0.555. The summed E-state index contributed by atoms with van der Waals surface area (Å²) in [6.07, 6.45) is 0.474. The minimum atomic E-state index is -0.981. The fourth-order valence-corrected chi connectivity index (χ4v) is 2.07. The molecule has 2 rings (SSSR count). The predicted octanol–water partition coefficient (Wildman–Crippen LogP) is -0.204. The van der Waals surface area contributed by atoms with Crippen LogP contribution in [0.25, 0.3) is 0 Å². The molecule has 0 aliphatic carbocycles. The van der Waals surface area contributed by atoms with Gasteiger partial charge in [0.05, 0.1) is 19.9 Å². The summed E-state index contributed by atoms with van der Waals surface area (Å²) >= 11 is 0. The van der Waals surface area contributed by atoms with E-state index in [2.05, 4.69) is 10.3 Å². The number of nitrogens with one attached hydrogen (secondary N) is 1. The van der Waals surface area contributed by atoms with E-state index in [0.717, 1.165) is 11.3 Å². The number of methoxy groups -OCH3 is 2. The maximum atomic E-state index is 6.11. The molecule has 7 nitrogen and oxygen atoms in total. The molecular formula is C12H19N5O2. The average Bonchev–Trinajstić information content (AvgIpc) is 2.37. The highest BCUT2D eigenvalue weighted by atomic mass is 16.5. The molecule has 0 fully saturated rings. The molecule has 1 atom stereocenters. The molecule has 7 N–H and O–H groups in total. The topological polar surface area (TPSA) is 121 Å². The van der Waals surface area contributed by atoms with Crippen LogP contribution in [0.4, 0.5) is 5.69 Å². The third-order valence-corrected chi connectivity index (χ3v) is 3.00. The summed E-state index contributed by atoms with van der Waals surface area (Å²) in [7, 11) is 3.13. The maximum Gasteiger partial charge on any atom is 0.185 e. The molecule has 0 bridgehead atoms. The third kappa shape index (κ3) is 2.42. The Morgan fingerprint density at radius 3 is 2.47 bits per heavy atom. The van der Waals surface area contributed by atoms with E-state index in [9.17, 15) is 0 Å². The molecule has 1 unspecified atom stereocenters. The number of anilines is 1. The Balaban J connectivity index is 2.48. The van der Waals surface area contributed by atoms with E-state index < -0.39 is 5.79 Å². The number of aliphatic imine (C=N–C) groups is 1. The molecule has 1 aromatic rings. The number of rotatable bonds is 4. The Bertz CT molecular complexity index is 517. The van der Waals surface area contributed by atoms with Crippen molar-refractivity contribution in [2.24, 2.45) is 22.2 Å². The minimum absolute atomic E-state index is 0.352. The van der Waals surface area contributed by atoms with Crippen LogP contribution < -0.4 is 32.0 Å². The van der Waals surface area contributed by atoms with Gasteiger partial charge in [-0.2, -0.15) is 0 Å². The van der Waals surface area contributed by atoms with Crippen molar-refractivity contribution in [1.82, 2.24) is 0 Å². The molecule has 104 valence electrons. The first-order chi connectivity index (χ1) is 9.03. The first-order valence-corrected chi connectivity index (χ1v) is 5.92. The average molecular weight is 265 g/mol. The van der Waals surface area contributed by atoms with Crippen molar-refractivity contribution in [3.8, 4) is 11.5 Å². The molecule has 0 saturated carbocycles. The van der Waals surface area contributed by atoms with Crippen LogP contribution in [0.5, 0.6) is 11.5 Å². The highest BCUT2D eigenvalue weighted by molar-refractivity contribution is 6.05. The molecular weight excluding hydrogens is 246 g/mol. The highest BCUT2D eigenvalue weighted by Crippen LogP contribution is 2.36. The van der Waals surface area contributed by atoms with Gasteiger partial charge in [-0.3, -0.25) is 5.73 Å². The lowest BCUT2D eigenvalue weighted by Gasteiger charge is -2.33. The summed E-state index contributed by atoms with van der Waals surface area (Å²) in [6, 6.07) is 3.55. The van der Waals surface area contributed by atoms with Crippen molar-refractivity contribution in [2.75, 3.05) is 26.1 Å². The Morgan fingerprint density at radius 1 is 1.26 bits per heavy atom. The van der Waals surface area contributed by atoms with Gasteiger partial charge in [0.15, 0.2) is 17.3 Å². The lowest BCUT2D eigenvalue weighted by atomic mass is 10.1. The number of ether oxygens (including phenoxy) is 2.